The van der Waals surface area contributed by atoms with Crippen LogP contribution in [0.1, 0.15) is 34.1 Å². The predicted octanol–water partition coefficient (Wildman–Crippen LogP) is 1.86. The Balaban J connectivity index is 1.40. The molecule has 6 nitrogen and oxygen atoms in total. The minimum absolute atomic E-state index is 0.0834. The molecule has 4 rings (SSSR count). The molecule has 8 heteroatoms. The van der Waals surface area contributed by atoms with E-state index in [2.05, 4.69) is 11.4 Å². The summed E-state index contributed by atoms with van der Waals surface area (Å²) in [6.07, 6.45) is 2.19. The van der Waals surface area contributed by atoms with Crippen molar-refractivity contribution in [3.05, 3.63) is 46.3 Å². The Kier molecular flexibility index (Phi) is 5.20. The van der Waals surface area contributed by atoms with Gasteiger partial charge in [0.2, 0.25) is 0 Å². The molecule has 140 valence electrons. The van der Waals surface area contributed by atoms with Gasteiger partial charge in [-0.2, -0.15) is 0 Å². The van der Waals surface area contributed by atoms with Crippen LogP contribution in [0.3, 0.4) is 0 Å². The Morgan fingerprint density at radius 2 is 2.15 bits per heavy atom. The number of primary amides is 1. The second-order valence-electron chi connectivity index (χ2n) is 6.82. The highest BCUT2D eigenvalue weighted by Gasteiger charge is 2.28. The van der Waals surface area contributed by atoms with Crippen LogP contribution in [-0.2, 0) is 4.79 Å². The molecule has 0 saturated carbocycles. The van der Waals surface area contributed by atoms with E-state index in [1.54, 1.807) is 22.8 Å². The SMILES string of the molecule is NC(=O)c1ccsc1NC(=O)C[NH+]1CCC[C@@H](c2nc3ccccc3s2)C1. The molecule has 27 heavy (non-hydrogen) atoms. The number of quaternary nitrogens is 1. The summed E-state index contributed by atoms with van der Waals surface area (Å²) < 4.78 is 1.22. The van der Waals surface area contributed by atoms with Gasteiger partial charge in [-0.25, -0.2) is 4.98 Å². The maximum absolute atomic E-state index is 12.4. The van der Waals surface area contributed by atoms with Crippen molar-refractivity contribution in [1.82, 2.24) is 4.98 Å². The Morgan fingerprint density at radius 1 is 1.30 bits per heavy atom. The molecule has 1 aromatic carbocycles. The van der Waals surface area contributed by atoms with Crippen LogP contribution in [0.4, 0.5) is 5.00 Å². The lowest BCUT2D eigenvalue weighted by atomic mass is 9.99. The predicted molar refractivity (Wildman–Crippen MR) is 109 cm³/mol. The van der Waals surface area contributed by atoms with E-state index < -0.39 is 5.91 Å². The van der Waals surface area contributed by atoms with E-state index in [1.807, 2.05) is 18.2 Å². The van der Waals surface area contributed by atoms with Gasteiger partial charge >= 0.3 is 0 Å². The Bertz CT molecular complexity index is 948. The van der Waals surface area contributed by atoms with Gasteiger partial charge in [0.1, 0.15) is 10.0 Å². The van der Waals surface area contributed by atoms with Crippen molar-refractivity contribution in [3.8, 4) is 0 Å². The number of nitrogens with two attached hydrogens (primary N) is 1. The first-order valence-corrected chi connectivity index (χ1v) is 10.7. The van der Waals surface area contributed by atoms with Gasteiger partial charge in [-0.1, -0.05) is 12.1 Å². The van der Waals surface area contributed by atoms with Crippen LogP contribution >= 0.6 is 22.7 Å². The topological polar surface area (TPSA) is 89.5 Å². The van der Waals surface area contributed by atoms with Crippen LogP contribution in [0, 0.1) is 0 Å². The highest BCUT2D eigenvalue weighted by Crippen LogP contribution is 2.30. The molecule has 2 amide bonds. The molecule has 1 unspecified atom stereocenters. The molecule has 0 radical (unpaired) electrons. The second kappa shape index (κ2) is 7.75. The molecule has 0 bridgehead atoms. The van der Waals surface area contributed by atoms with Crippen molar-refractivity contribution >= 4 is 49.7 Å². The van der Waals surface area contributed by atoms with E-state index in [9.17, 15) is 9.59 Å². The van der Waals surface area contributed by atoms with Gasteiger partial charge < -0.3 is 16.0 Å². The number of hydrogen-bond donors (Lipinski definition) is 3. The summed E-state index contributed by atoms with van der Waals surface area (Å²) in [4.78, 5) is 29.9. The zero-order chi connectivity index (χ0) is 18.8. The molecule has 2 aromatic heterocycles. The summed E-state index contributed by atoms with van der Waals surface area (Å²) >= 11 is 3.08. The average Bonchev–Trinajstić information content (AvgIpc) is 3.28. The second-order valence-corrected chi connectivity index (χ2v) is 8.79. The summed E-state index contributed by atoms with van der Waals surface area (Å²) in [5.41, 5.74) is 6.76. The van der Waals surface area contributed by atoms with Crippen LogP contribution in [0.2, 0.25) is 0 Å². The van der Waals surface area contributed by atoms with Gasteiger partial charge in [0.05, 0.1) is 34.8 Å². The number of nitrogens with zero attached hydrogens (tertiary/aromatic N) is 1. The normalized spacial score (nSPS) is 19.9. The Morgan fingerprint density at radius 3 is 2.96 bits per heavy atom. The first kappa shape index (κ1) is 18.1. The van der Waals surface area contributed by atoms with Crippen molar-refractivity contribution < 1.29 is 14.5 Å². The number of aromatic nitrogens is 1. The van der Waals surface area contributed by atoms with E-state index in [4.69, 9.17) is 10.7 Å². The molecule has 3 aromatic rings. The van der Waals surface area contributed by atoms with E-state index >= 15 is 0 Å². The van der Waals surface area contributed by atoms with E-state index in [0.717, 1.165) is 31.4 Å². The van der Waals surface area contributed by atoms with Gasteiger partial charge in [0, 0.05) is 0 Å². The first-order valence-electron chi connectivity index (χ1n) is 8.96. The third kappa shape index (κ3) is 4.02. The number of rotatable bonds is 5. The molecular formula is C19H21N4O2S2+. The number of fused-ring (bicyclic) bond motifs is 1. The molecule has 1 fully saturated rings. The molecule has 0 aliphatic carbocycles. The first-order chi connectivity index (χ1) is 13.1. The quantitative estimate of drug-likeness (QED) is 0.610. The summed E-state index contributed by atoms with van der Waals surface area (Å²) in [5.74, 6) is -0.213. The van der Waals surface area contributed by atoms with Crippen molar-refractivity contribution in [3.63, 3.8) is 0 Å². The number of piperidine rings is 1. The van der Waals surface area contributed by atoms with Gasteiger partial charge in [0.15, 0.2) is 6.54 Å². The maximum Gasteiger partial charge on any atom is 0.280 e. The fraction of sp³-hybridized carbons (Fsp3) is 0.316. The lowest BCUT2D eigenvalue weighted by molar-refractivity contribution is -0.898. The summed E-state index contributed by atoms with van der Waals surface area (Å²) in [6, 6.07) is 9.85. The number of likely N-dealkylation sites (tertiary alicyclic amines) is 1. The highest BCUT2D eigenvalue weighted by atomic mass is 32.1. The maximum atomic E-state index is 12.4. The zero-order valence-corrected chi connectivity index (χ0v) is 16.4. The number of hydrogen-bond acceptors (Lipinski definition) is 5. The van der Waals surface area contributed by atoms with E-state index in [0.29, 0.717) is 23.0 Å². The van der Waals surface area contributed by atoms with Crippen LogP contribution in [0.15, 0.2) is 35.7 Å². The molecule has 0 spiro atoms. The van der Waals surface area contributed by atoms with Crippen molar-refractivity contribution in [2.45, 2.75) is 18.8 Å². The largest absolute Gasteiger partial charge is 0.366 e. The molecule has 1 saturated heterocycles. The third-order valence-electron chi connectivity index (χ3n) is 4.87. The molecular weight excluding hydrogens is 380 g/mol. The third-order valence-corrected chi connectivity index (χ3v) is 6.90. The van der Waals surface area contributed by atoms with Crippen LogP contribution < -0.4 is 16.0 Å². The average molecular weight is 402 g/mol. The lowest BCUT2D eigenvalue weighted by Gasteiger charge is -2.28. The molecule has 1 aliphatic rings. The van der Waals surface area contributed by atoms with E-state index in [-0.39, 0.29) is 5.91 Å². The number of carbonyl (C=O) groups is 2. The lowest BCUT2D eigenvalue weighted by Crippen LogP contribution is -3.14. The standard InChI is InChI=1S/C19H20N4O2S2/c20-17(25)13-7-9-26-19(13)22-16(24)11-23-8-3-4-12(10-23)18-21-14-5-1-2-6-15(14)27-18/h1-2,5-7,9,12H,3-4,8,10-11H2,(H2,20,25)(H,22,24)/p+1/t12-/m1/s1. The monoisotopic (exact) mass is 401 g/mol. The highest BCUT2D eigenvalue weighted by molar-refractivity contribution is 7.18. The summed E-state index contributed by atoms with van der Waals surface area (Å²) in [7, 11) is 0. The number of para-hydroxylation sites is 1. The zero-order valence-electron chi connectivity index (χ0n) is 14.7. The fourth-order valence-electron chi connectivity index (χ4n) is 3.59. The van der Waals surface area contributed by atoms with Crippen LogP contribution in [-0.4, -0.2) is 36.4 Å². The molecule has 4 N–H and O–H groups in total. The number of thiazole rings is 1. The molecule has 2 atom stereocenters. The Hall–Kier alpha value is -2.29. The Labute approximate surface area is 165 Å². The fourth-order valence-corrected chi connectivity index (χ4v) is 5.50. The van der Waals surface area contributed by atoms with Crippen molar-refractivity contribution in [2.24, 2.45) is 5.73 Å². The number of benzene rings is 1. The van der Waals surface area contributed by atoms with Gasteiger partial charge in [-0.05, 0) is 36.4 Å². The van der Waals surface area contributed by atoms with Gasteiger partial charge in [0.25, 0.3) is 11.8 Å². The number of carbonyl (C=O) groups excluding carboxylic acids is 2. The minimum atomic E-state index is -0.521. The number of nitrogens with one attached hydrogen (secondary N) is 2. The van der Waals surface area contributed by atoms with Crippen molar-refractivity contribution in [1.29, 1.82) is 0 Å². The van der Waals surface area contributed by atoms with E-state index in [1.165, 1.54) is 25.9 Å². The summed E-state index contributed by atoms with van der Waals surface area (Å²) in [6.45, 7) is 2.26. The van der Waals surface area contributed by atoms with Crippen LogP contribution in [0.25, 0.3) is 10.2 Å². The van der Waals surface area contributed by atoms with Crippen LogP contribution in [0.5, 0.6) is 0 Å². The minimum Gasteiger partial charge on any atom is -0.366 e. The molecule has 3 heterocycles. The number of thiophene rings is 1. The molecule has 1 aliphatic heterocycles. The smallest absolute Gasteiger partial charge is 0.280 e. The van der Waals surface area contributed by atoms with Gasteiger partial charge in [-0.15, -0.1) is 22.7 Å². The number of amides is 2. The van der Waals surface area contributed by atoms with Gasteiger partial charge in [-0.3, -0.25) is 9.59 Å². The van der Waals surface area contributed by atoms with Crippen molar-refractivity contribution in [2.75, 3.05) is 25.0 Å². The number of anilines is 1. The summed E-state index contributed by atoms with van der Waals surface area (Å²) in [5, 5.41) is 6.30.